The predicted octanol–water partition coefficient (Wildman–Crippen LogP) is 2.30. The maximum atomic E-state index is 12.5. The first-order chi connectivity index (χ1) is 9.84. The van der Waals surface area contributed by atoms with Crippen LogP contribution in [0.4, 0.5) is 5.69 Å². The van der Waals surface area contributed by atoms with E-state index in [2.05, 4.69) is 23.2 Å². The molecule has 1 aromatic carbocycles. The molecular formula is C17H27N3O. The fraction of sp³-hybridized carbons (Fsp3) is 0.588. The minimum atomic E-state index is -0.127. The van der Waals surface area contributed by atoms with Gasteiger partial charge in [0.2, 0.25) is 5.91 Å². The second-order valence-electron chi connectivity index (χ2n) is 6.72. The van der Waals surface area contributed by atoms with E-state index < -0.39 is 0 Å². The highest BCUT2D eigenvalue weighted by atomic mass is 16.2. The van der Waals surface area contributed by atoms with Gasteiger partial charge in [0, 0.05) is 12.2 Å². The summed E-state index contributed by atoms with van der Waals surface area (Å²) in [5, 5.41) is 3.06. The molecule has 1 aliphatic heterocycles. The molecule has 0 aliphatic carbocycles. The number of nitrogens with zero attached hydrogens (tertiary/aromatic N) is 1. The number of likely N-dealkylation sites (tertiary alicyclic amines) is 1. The van der Waals surface area contributed by atoms with Gasteiger partial charge in [-0.05, 0) is 62.9 Å². The molecule has 116 valence electrons. The molecule has 0 radical (unpaired) electrons. The van der Waals surface area contributed by atoms with Crippen molar-refractivity contribution in [3.05, 3.63) is 29.3 Å². The molecule has 1 amide bonds. The van der Waals surface area contributed by atoms with Gasteiger partial charge < -0.3 is 11.1 Å². The second-order valence-corrected chi connectivity index (χ2v) is 6.72. The van der Waals surface area contributed by atoms with Crippen molar-refractivity contribution in [1.82, 2.24) is 4.90 Å². The van der Waals surface area contributed by atoms with Crippen LogP contribution in [-0.4, -0.2) is 36.5 Å². The van der Waals surface area contributed by atoms with Gasteiger partial charge in [-0.15, -0.1) is 0 Å². The van der Waals surface area contributed by atoms with Crippen molar-refractivity contribution in [2.45, 2.75) is 40.2 Å². The third kappa shape index (κ3) is 3.63. The van der Waals surface area contributed by atoms with Crippen molar-refractivity contribution in [2.24, 2.45) is 11.1 Å². The number of anilines is 1. The van der Waals surface area contributed by atoms with Crippen molar-refractivity contribution < 1.29 is 4.79 Å². The highest BCUT2D eigenvalue weighted by Crippen LogP contribution is 2.30. The number of aryl methyl sites for hydroxylation is 2. The number of carbonyl (C=O) groups is 1. The van der Waals surface area contributed by atoms with E-state index in [0.29, 0.717) is 6.54 Å². The number of carbonyl (C=O) groups excluding carboxylic acids is 1. The largest absolute Gasteiger partial charge is 0.330 e. The molecular weight excluding hydrogens is 262 g/mol. The topological polar surface area (TPSA) is 58.4 Å². The number of hydrogen-bond acceptors (Lipinski definition) is 3. The van der Waals surface area contributed by atoms with Gasteiger partial charge in [0.25, 0.3) is 0 Å². The molecule has 1 aromatic rings. The molecule has 2 unspecified atom stereocenters. The van der Waals surface area contributed by atoms with Gasteiger partial charge in [0.15, 0.2) is 0 Å². The first-order valence-electron chi connectivity index (χ1n) is 7.67. The van der Waals surface area contributed by atoms with Crippen molar-refractivity contribution in [3.8, 4) is 0 Å². The smallest absolute Gasteiger partial charge is 0.241 e. The quantitative estimate of drug-likeness (QED) is 0.894. The Bertz CT molecular complexity index is 529. The summed E-state index contributed by atoms with van der Waals surface area (Å²) in [6.45, 7) is 10.7. The molecule has 4 heteroatoms. The Morgan fingerprint density at radius 2 is 2.19 bits per heavy atom. The molecule has 0 bridgehead atoms. The Balaban J connectivity index is 2.02. The fourth-order valence-corrected chi connectivity index (χ4v) is 2.83. The van der Waals surface area contributed by atoms with E-state index in [1.165, 1.54) is 0 Å². The van der Waals surface area contributed by atoms with Crippen molar-refractivity contribution in [1.29, 1.82) is 0 Å². The Morgan fingerprint density at radius 1 is 1.48 bits per heavy atom. The lowest BCUT2D eigenvalue weighted by molar-refractivity contribution is -0.120. The Labute approximate surface area is 127 Å². The van der Waals surface area contributed by atoms with E-state index in [1.54, 1.807) is 0 Å². The molecule has 3 N–H and O–H groups in total. The summed E-state index contributed by atoms with van der Waals surface area (Å²) in [6.07, 6.45) is 1.06. The first-order valence-corrected chi connectivity index (χ1v) is 7.67. The van der Waals surface area contributed by atoms with E-state index in [-0.39, 0.29) is 17.4 Å². The molecule has 1 heterocycles. The number of benzene rings is 1. The third-order valence-corrected chi connectivity index (χ3v) is 4.66. The van der Waals surface area contributed by atoms with Crippen LogP contribution in [0.15, 0.2) is 18.2 Å². The molecule has 21 heavy (non-hydrogen) atoms. The molecule has 0 aromatic heterocycles. The number of amides is 1. The van der Waals surface area contributed by atoms with Gasteiger partial charge in [-0.25, -0.2) is 0 Å². The SMILES string of the molecule is Cc1ccc(C)c(NC(=O)C(C)N2CCC(C)(CN)C2)c1. The fourth-order valence-electron chi connectivity index (χ4n) is 2.83. The van der Waals surface area contributed by atoms with Gasteiger partial charge >= 0.3 is 0 Å². The second kappa shape index (κ2) is 6.16. The standard InChI is InChI=1S/C17H27N3O/c1-12-5-6-13(2)15(9-12)19-16(21)14(3)20-8-7-17(4,10-18)11-20/h5-6,9,14H,7-8,10-11,18H2,1-4H3,(H,19,21). The summed E-state index contributed by atoms with van der Waals surface area (Å²) in [7, 11) is 0. The lowest BCUT2D eigenvalue weighted by Gasteiger charge is -2.26. The number of rotatable bonds is 4. The zero-order valence-electron chi connectivity index (χ0n) is 13.6. The zero-order valence-corrected chi connectivity index (χ0v) is 13.6. The van der Waals surface area contributed by atoms with E-state index in [4.69, 9.17) is 5.73 Å². The van der Waals surface area contributed by atoms with Gasteiger partial charge in [-0.1, -0.05) is 19.1 Å². The Hall–Kier alpha value is -1.39. The highest BCUT2D eigenvalue weighted by molar-refractivity contribution is 5.95. The van der Waals surface area contributed by atoms with Crippen LogP contribution < -0.4 is 11.1 Å². The summed E-state index contributed by atoms with van der Waals surface area (Å²) in [6, 6.07) is 5.99. The van der Waals surface area contributed by atoms with Gasteiger partial charge in [-0.3, -0.25) is 9.69 Å². The van der Waals surface area contributed by atoms with E-state index in [1.807, 2.05) is 32.9 Å². The summed E-state index contributed by atoms with van der Waals surface area (Å²) in [5.41, 5.74) is 9.14. The average Bonchev–Trinajstić information content (AvgIpc) is 2.85. The van der Waals surface area contributed by atoms with Crippen molar-refractivity contribution in [2.75, 3.05) is 25.0 Å². The Kier molecular flexibility index (Phi) is 4.69. The summed E-state index contributed by atoms with van der Waals surface area (Å²) in [5.74, 6) is 0.0602. The lowest BCUT2D eigenvalue weighted by Crippen LogP contribution is -2.42. The molecule has 0 saturated carbocycles. The first kappa shape index (κ1) is 16.0. The van der Waals surface area contributed by atoms with E-state index in [0.717, 1.165) is 36.3 Å². The van der Waals surface area contributed by atoms with Crippen LogP contribution in [0.3, 0.4) is 0 Å². The summed E-state index contributed by atoms with van der Waals surface area (Å²) >= 11 is 0. The van der Waals surface area contributed by atoms with Gasteiger partial charge in [0.1, 0.15) is 0 Å². The van der Waals surface area contributed by atoms with Crippen molar-refractivity contribution >= 4 is 11.6 Å². The predicted molar refractivity (Wildman–Crippen MR) is 87.4 cm³/mol. The van der Waals surface area contributed by atoms with E-state index in [9.17, 15) is 4.79 Å². The monoisotopic (exact) mass is 289 g/mol. The maximum Gasteiger partial charge on any atom is 0.241 e. The van der Waals surface area contributed by atoms with Crippen LogP contribution in [-0.2, 0) is 4.79 Å². The van der Waals surface area contributed by atoms with E-state index >= 15 is 0 Å². The number of nitrogens with one attached hydrogen (secondary N) is 1. The van der Waals surface area contributed by atoms with Crippen LogP contribution in [0, 0.1) is 19.3 Å². The molecule has 1 saturated heterocycles. The molecule has 1 fully saturated rings. The van der Waals surface area contributed by atoms with Crippen LogP contribution in [0.2, 0.25) is 0 Å². The molecule has 2 rings (SSSR count). The zero-order chi connectivity index (χ0) is 15.6. The average molecular weight is 289 g/mol. The molecule has 0 spiro atoms. The lowest BCUT2D eigenvalue weighted by atomic mass is 9.90. The van der Waals surface area contributed by atoms with Gasteiger partial charge in [-0.2, -0.15) is 0 Å². The minimum Gasteiger partial charge on any atom is -0.330 e. The third-order valence-electron chi connectivity index (χ3n) is 4.66. The summed E-state index contributed by atoms with van der Waals surface area (Å²) in [4.78, 5) is 14.7. The Morgan fingerprint density at radius 3 is 2.81 bits per heavy atom. The maximum absolute atomic E-state index is 12.5. The molecule has 4 nitrogen and oxygen atoms in total. The van der Waals surface area contributed by atoms with Crippen molar-refractivity contribution in [3.63, 3.8) is 0 Å². The van der Waals surface area contributed by atoms with Crippen LogP contribution >= 0.6 is 0 Å². The molecule has 1 aliphatic rings. The minimum absolute atomic E-state index is 0.0602. The van der Waals surface area contributed by atoms with Gasteiger partial charge in [0.05, 0.1) is 6.04 Å². The highest BCUT2D eigenvalue weighted by Gasteiger charge is 2.36. The van der Waals surface area contributed by atoms with Crippen LogP contribution in [0.1, 0.15) is 31.4 Å². The number of hydrogen-bond donors (Lipinski definition) is 2. The van der Waals surface area contributed by atoms with Crippen LogP contribution in [0.5, 0.6) is 0 Å². The normalized spacial score (nSPS) is 24.0. The van der Waals surface area contributed by atoms with Crippen LogP contribution in [0.25, 0.3) is 0 Å². The number of nitrogens with two attached hydrogens (primary N) is 1. The molecule has 2 atom stereocenters. The summed E-state index contributed by atoms with van der Waals surface area (Å²) < 4.78 is 0.